The van der Waals surface area contributed by atoms with Gasteiger partial charge < -0.3 is 10.1 Å². The van der Waals surface area contributed by atoms with Crippen LogP contribution in [0, 0.1) is 0 Å². The number of nitrogens with one attached hydrogen (secondary N) is 2. The van der Waals surface area contributed by atoms with Gasteiger partial charge in [-0.3, -0.25) is 0 Å². The van der Waals surface area contributed by atoms with Crippen molar-refractivity contribution in [3.63, 3.8) is 0 Å². The second kappa shape index (κ2) is 8.63. The molecular formula is C14H24N2O3S2. The zero-order valence-corrected chi connectivity index (χ0v) is 14.6. The molecule has 0 fully saturated rings. The number of hydrogen-bond donors (Lipinski definition) is 2. The summed E-state index contributed by atoms with van der Waals surface area (Å²) in [7, 11) is -0.225. The van der Waals surface area contributed by atoms with E-state index >= 15 is 0 Å². The first-order chi connectivity index (χ1) is 9.94. The smallest absolute Gasteiger partial charge is 0.244 e. The first-order valence-electron chi connectivity index (χ1n) is 6.78. The predicted octanol–water partition coefficient (Wildman–Crippen LogP) is 1.83. The van der Waals surface area contributed by atoms with Gasteiger partial charge in [0.05, 0.1) is 7.11 Å². The summed E-state index contributed by atoms with van der Waals surface area (Å²) < 4.78 is 32.5. The fourth-order valence-electron chi connectivity index (χ4n) is 1.84. The monoisotopic (exact) mass is 332 g/mol. The van der Waals surface area contributed by atoms with Crippen LogP contribution in [0.2, 0.25) is 0 Å². The molecule has 0 amide bonds. The third kappa shape index (κ3) is 5.50. The van der Waals surface area contributed by atoms with Gasteiger partial charge in [-0.1, -0.05) is 13.0 Å². The van der Waals surface area contributed by atoms with Crippen LogP contribution in [-0.2, 0) is 16.6 Å². The van der Waals surface area contributed by atoms with E-state index in [0.717, 1.165) is 12.0 Å². The highest BCUT2D eigenvalue weighted by molar-refractivity contribution is 7.99. The molecule has 0 aliphatic rings. The van der Waals surface area contributed by atoms with Gasteiger partial charge in [-0.25, -0.2) is 13.1 Å². The van der Waals surface area contributed by atoms with Gasteiger partial charge in [0.1, 0.15) is 10.6 Å². The first-order valence-corrected chi connectivity index (χ1v) is 9.55. The van der Waals surface area contributed by atoms with Crippen LogP contribution in [0.5, 0.6) is 5.75 Å². The lowest BCUT2D eigenvalue weighted by Gasteiger charge is -2.13. The maximum Gasteiger partial charge on any atom is 0.244 e. The van der Waals surface area contributed by atoms with Crippen molar-refractivity contribution in [3.05, 3.63) is 23.8 Å². The molecule has 0 spiro atoms. The molecule has 0 aliphatic heterocycles. The molecule has 1 aromatic rings. The summed E-state index contributed by atoms with van der Waals surface area (Å²) in [6.07, 6.45) is 2.81. The van der Waals surface area contributed by atoms with Crippen molar-refractivity contribution in [3.8, 4) is 5.75 Å². The number of ether oxygens (including phenoxy) is 1. The van der Waals surface area contributed by atoms with E-state index in [1.807, 2.05) is 13.3 Å². The van der Waals surface area contributed by atoms with E-state index in [9.17, 15) is 8.42 Å². The van der Waals surface area contributed by atoms with Crippen LogP contribution in [0.3, 0.4) is 0 Å². The number of thioether (sulfide) groups is 1. The minimum Gasteiger partial charge on any atom is -0.495 e. The Morgan fingerprint density at radius 2 is 2.10 bits per heavy atom. The van der Waals surface area contributed by atoms with Gasteiger partial charge in [-0.2, -0.15) is 11.8 Å². The Balaban J connectivity index is 2.87. The molecule has 1 rings (SSSR count). The van der Waals surface area contributed by atoms with E-state index in [4.69, 9.17) is 4.74 Å². The summed E-state index contributed by atoms with van der Waals surface area (Å²) in [5, 5.41) is 3.45. The minimum absolute atomic E-state index is 0.182. The van der Waals surface area contributed by atoms with E-state index in [1.165, 1.54) is 7.11 Å². The molecule has 1 atom stereocenters. The molecule has 0 aromatic heterocycles. The van der Waals surface area contributed by atoms with E-state index < -0.39 is 10.0 Å². The summed E-state index contributed by atoms with van der Waals surface area (Å²) in [5.74, 6) is 0.369. The molecule has 7 heteroatoms. The van der Waals surface area contributed by atoms with Gasteiger partial charge in [0.15, 0.2) is 0 Å². The molecule has 120 valence electrons. The van der Waals surface area contributed by atoms with Crippen LogP contribution in [0.15, 0.2) is 23.1 Å². The van der Waals surface area contributed by atoms with E-state index in [0.29, 0.717) is 24.1 Å². The van der Waals surface area contributed by atoms with Crippen LogP contribution in [0.1, 0.15) is 18.9 Å². The average Bonchev–Trinajstić information content (AvgIpc) is 2.46. The van der Waals surface area contributed by atoms with Gasteiger partial charge >= 0.3 is 0 Å². The quantitative estimate of drug-likeness (QED) is 0.722. The number of hydrogen-bond acceptors (Lipinski definition) is 5. The fourth-order valence-corrected chi connectivity index (χ4v) is 3.39. The van der Waals surface area contributed by atoms with Crippen molar-refractivity contribution < 1.29 is 13.2 Å². The van der Waals surface area contributed by atoms with Crippen molar-refractivity contribution in [2.24, 2.45) is 0 Å². The van der Waals surface area contributed by atoms with Gasteiger partial charge in [-0.15, -0.1) is 0 Å². The predicted molar refractivity (Wildman–Crippen MR) is 88.5 cm³/mol. The fraction of sp³-hybridized carbons (Fsp3) is 0.571. The third-order valence-corrected chi connectivity index (χ3v) is 5.68. The van der Waals surface area contributed by atoms with Gasteiger partial charge in [0.2, 0.25) is 10.0 Å². The average molecular weight is 332 g/mol. The normalized spacial score (nSPS) is 13.1. The molecule has 21 heavy (non-hydrogen) atoms. The molecule has 1 aromatic carbocycles. The second-order valence-corrected chi connectivity index (χ2v) is 7.76. The maximum atomic E-state index is 12.3. The topological polar surface area (TPSA) is 67.4 Å². The largest absolute Gasteiger partial charge is 0.495 e. The van der Waals surface area contributed by atoms with Crippen molar-refractivity contribution in [1.29, 1.82) is 0 Å². The highest BCUT2D eigenvalue weighted by atomic mass is 32.2. The molecule has 0 aliphatic carbocycles. The Morgan fingerprint density at radius 3 is 2.67 bits per heavy atom. The van der Waals surface area contributed by atoms with Crippen molar-refractivity contribution in [2.45, 2.75) is 30.0 Å². The molecular weight excluding hydrogens is 308 g/mol. The highest BCUT2D eigenvalue weighted by Gasteiger charge is 2.19. The summed E-state index contributed by atoms with van der Waals surface area (Å²) >= 11 is 1.72. The summed E-state index contributed by atoms with van der Waals surface area (Å²) in [5.41, 5.74) is 0.976. The Bertz CT molecular complexity index is 547. The molecule has 0 radical (unpaired) electrons. The van der Waals surface area contributed by atoms with Gasteiger partial charge in [0.25, 0.3) is 0 Å². The Labute approximate surface area is 131 Å². The third-order valence-electron chi connectivity index (χ3n) is 3.14. The number of methoxy groups -OCH3 is 1. The lowest BCUT2D eigenvalue weighted by molar-refractivity contribution is 0.401. The van der Waals surface area contributed by atoms with Gasteiger partial charge in [-0.05, 0) is 37.4 Å². The SMILES string of the molecule is CNCc1ccc(S(=O)(=O)NCCC(C)SC)c(OC)c1. The van der Waals surface area contributed by atoms with Crippen molar-refractivity contribution in [1.82, 2.24) is 10.0 Å². The standard InChI is InChI=1S/C14H24N2O3S2/c1-11(20-4)7-8-16-21(17,18)14-6-5-12(10-15-2)9-13(14)19-3/h5-6,9,11,15-16H,7-8,10H2,1-4H3. The zero-order valence-electron chi connectivity index (χ0n) is 13.0. The van der Waals surface area contributed by atoms with Crippen LogP contribution in [0.25, 0.3) is 0 Å². The lowest BCUT2D eigenvalue weighted by atomic mass is 10.2. The van der Waals surface area contributed by atoms with E-state index in [1.54, 1.807) is 30.0 Å². The zero-order chi connectivity index (χ0) is 15.9. The minimum atomic E-state index is -3.54. The molecule has 0 bridgehead atoms. The number of sulfonamides is 1. The van der Waals surface area contributed by atoms with Crippen molar-refractivity contribution in [2.75, 3.05) is 27.0 Å². The Hall–Kier alpha value is -0.760. The lowest BCUT2D eigenvalue weighted by Crippen LogP contribution is -2.26. The summed E-state index contributed by atoms with van der Waals surface area (Å²) in [6.45, 7) is 3.16. The molecule has 0 heterocycles. The van der Waals surface area contributed by atoms with Crippen LogP contribution >= 0.6 is 11.8 Å². The van der Waals surface area contributed by atoms with E-state index in [-0.39, 0.29) is 4.90 Å². The molecule has 5 nitrogen and oxygen atoms in total. The van der Waals surface area contributed by atoms with Gasteiger partial charge in [0, 0.05) is 18.3 Å². The molecule has 1 unspecified atom stereocenters. The van der Waals surface area contributed by atoms with Crippen molar-refractivity contribution >= 4 is 21.8 Å². The Morgan fingerprint density at radius 1 is 1.38 bits per heavy atom. The number of rotatable bonds is 9. The van der Waals surface area contributed by atoms with Crippen LogP contribution < -0.4 is 14.8 Å². The molecule has 2 N–H and O–H groups in total. The number of benzene rings is 1. The Kier molecular flexibility index (Phi) is 7.51. The summed E-state index contributed by atoms with van der Waals surface area (Å²) in [6, 6.07) is 5.12. The first kappa shape index (κ1) is 18.3. The highest BCUT2D eigenvalue weighted by Crippen LogP contribution is 2.25. The molecule has 0 saturated carbocycles. The maximum absolute atomic E-state index is 12.3. The summed E-state index contributed by atoms with van der Waals surface area (Å²) in [4.78, 5) is 0.182. The van der Waals surface area contributed by atoms with Crippen LogP contribution in [0.4, 0.5) is 0 Å². The van der Waals surface area contributed by atoms with Crippen LogP contribution in [-0.4, -0.2) is 40.6 Å². The molecule has 0 saturated heterocycles. The second-order valence-electron chi connectivity index (χ2n) is 4.75. The van der Waals surface area contributed by atoms with E-state index in [2.05, 4.69) is 17.0 Å².